The summed E-state index contributed by atoms with van der Waals surface area (Å²) >= 11 is 0. The minimum Gasteiger partial charge on any atom is -0.456 e. The molecule has 4 aliphatic carbocycles. The maximum Gasteiger partial charge on any atom is 0.306 e. The number of rotatable bonds is 5. The van der Waals surface area contributed by atoms with E-state index >= 15 is 0 Å². The van der Waals surface area contributed by atoms with Crippen LogP contribution in [0.2, 0.25) is 0 Å². The predicted octanol–water partition coefficient (Wildman–Crippen LogP) is 3.03. The summed E-state index contributed by atoms with van der Waals surface area (Å²) in [6.45, 7) is -0.386. The summed E-state index contributed by atoms with van der Waals surface area (Å²) < 4.78 is 18.3. The van der Waals surface area contributed by atoms with E-state index in [1.54, 1.807) is 6.07 Å². The highest BCUT2D eigenvalue weighted by Crippen LogP contribution is 2.62. The molecule has 0 aromatic heterocycles. The number of aliphatic hydroxyl groups is 1. The number of esters is 1. The molecule has 0 radical (unpaired) electrons. The van der Waals surface area contributed by atoms with Crippen molar-refractivity contribution in [1.29, 1.82) is 0 Å². The number of hydrogen-bond donors (Lipinski definition) is 2. The SMILES string of the molecule is O=C(COC(=O)CC12C[C@@H]3C[C@@H](CC(O)(C3)C1)C2)Nc1cccc(F)c1. The van der Waals surface area contributed by atoms with Crippen molar-refractivity contribution in [3.05, 3.63) is 30.1 Å². The molecule has 0 aliphatic heterocycles. The molecule has 4 saturated carbocycles. The Kier molecular flexibility index (Phi) is 4.26. The fourth-order valence-electron chi connectivity index (χ4n) is 5.88. The Bertz CT molecular complexity index is 720. The van der Waals surface area contributed by atoms with Crippen LogP contribution >= 0.6 is 0 Å². The summed E-state index contributed by atoms with van der Waals surface area (Å²) in [6, 6.07) is 5.55. The van der Waals surface area contributed by atoms with Crippen LogP contribution in [0.4, 0.5) is 10.1 Å². The zero-order valence-corrected chi connectivity index (χ0v) is 14.7. The molecule has 1 amide bonds. The molecule has 0 saturated heterocycles. The molecule has 140 valence electrons. The lowest BCUT2D eigenvalue weighted by Crippen LogP contribution is -2.56. The van der Waals surface area contributed by atoms with Crippen LogP contribution in [0.3, 0.4) is 0 Å². The number of carbonyl (C=O) groups is 2. The summed E-state index contributed by atoms with van der Waals surface area (Å²) in [5, 5.41) is 13.2. The van der Waals surface area contributed by atoms with Gasteiger partial charge in [0.15, 0.2) is 6.61 Å². The Morgan fingerprint density at radius 3 is 2.62 bits per heavy atom. The maximum absolute atomic E-state index is 13.1. The number of halogens is 1. The van der Waals surface area contributed by atoms with Crippen molar-refractivity contribution in [3.8, 4) is 0 Å². The van der Waals surface area contributed by atoms with Gasteiger partial charge in [0.2, 0.25) is 0 Å². The van der Waals surface area contributed by atoms with Crippen LogP contribution in [0.1, 0.15) is 44.9 Å². The lowest BCUT2D eigenvalue weighted by atomic mass is 9.47. The zero-order chi connectivity index (χ0) is 18.4. The molecule has 1 aromatic rings. The fraction of sp³-hybridized carbons (Fsp3) is 0.600. The summed E-state index contributed by atoms with van der Waals surface area (Å²) in [6.07, 6.45) is 5.74. The molecule has 4 fully saturated rings. The van der Waals surface area contributed by atoms with Crippen molar-refractivity contribution in [2.75, 3.05) is 11.9 Å². The lowest BCUT2D eigenvalue weighted by Gasteiger charge is -2.60. The summed E-state index contributed by atoms with van der Waals surface area (Å²) in [4.78, 5) is 24.2. The third kappa shape index (κ3) is 3.61. The number of ether oxygens (including phenoxy) is 1. The number of anilines is 1. The Balaban J connectivity index is 1.30. The van der Waals surface area contributed by atoms with E-state index in [1.165, 1.54) is 18.2 Å². The van der Waals surface area contributed by atoms with Gasteiger partial charge in [-0.15, -0.1) is 0 Å². The van der Waals surface area contributed by atoms with Crippen molar-refractivity contribution in [2.45, 2.75) is 50.5 Å². The molecular weight excluding hydrogens is 337 g/mol. The number of carbonyl (C=O) groups excluding carboxylic acids is 2. The Morgan fingerprint density at radius 2 is 1.96 bits per heavy atom. The molecule has 4 atom stereocenters. The number of nitrogens with one attached hydrogen (secondary N) is 1. The van der Waals surface area contributed by atoms with Crippen LogP contribution < -0.4 is 5.32 Å². The van der Waals surface area contributed by atoms with E-state index in [1.807, 2.05) is 0 Å². The zero-order valence-electron chi connectivity index (χ0n) is 14.7. The summed E-state index contributed by atoms with van der Waals surface area (Å²) in [5.41, 5.74) is -0.456. The number of benzene rings is 1. The Morgan fingerprint density at radius 1 is 1.23 bits per heavy atom. The van der Waals surface area contributed by atoms with Crippen LogP contribution in [-0.4, -0.2) is 29.2 Å². The van der Waals surface area contributed by atoms with Crippen molar-refractivity contribution in [1.82, 2.24) is 0 Å². The molecule has 0 heterocycles. The number of hydrogen-bond acceptors (Lipinski definition) is 4. The third-order valence-corrected chi connectivity index (χ3v) is 6.14. The highest BCUT2D eigenvalue weighted by molar-refractivity contribution is 5.92. The van der Waals surface area contributed by atoms with Gasteiger partial charge in [0.05, 0.1) is 12.0 Å². The van der Waals surface area contributed by atoms with E-state index in [0.717, 1.165) is 32.1 Å². The van der Waals surface area contributed by atoms with Crippen molar-refractivity contribution >= 4 is 17.6 Å². The Labute approximate surface area is 151 Å². The van der Waals surface area contributed by atoms with Gasteiger partial charge in [-0.2, -0.15) is 0 Å². The first-order chi connectivity index (χ1) is 12.3. The van der Waals surface area contributed by atoms with E-state index in [0.29, 0.717) is 23.9 Å². The van der Waals surface area contributed by atoms with E-state index < -0.39 is 23.3 Å². The molecule has 4 aliphatic rings. The van der Waals surface area contributed by atoms with Gasteiger partial charge in [0.1, 0.15) is 5.82 Å². The van der Waals surface area contributed by atoms with Gasteiger partial charge in [-0.1, -0.05) is 6.07 Å². The minimum absolute atomic E-state index is 0.172. The molecule has 5 nitrogen and oxygen atoms in total. The lowest BCUT2D eigenvalue weighted by molar-refractivity contribution is -0.177. The summed E-state index contributed by atoms with van der Waals surface area (Å²) in [5.74, 6) is -0.326. The van der Waals surface area contributed by atoms with Gasteiger partial charge in [0, 0.05) is 5.69 Å². The van der Waals surface area contributed by atoms with Gasteiger partial charge in [-0.05, 0) is 74.0 Å². The highest BCUT2D eigenvalue weighted by Gasteiger charge is 2.57. The number of amides is 1. The molecular formula is C20H24FNO4. The van der Waals surface area contributed by atoms with E-state index in [-0.39, 0.29) is 18.4 Å². The van der Waals surface area contributed by atoms with E-state index in [9.17, 15) is 19.1 Å². The topological polar surface area (TPSA) is 75.6 Å². The first kappa shape index (κ1) is 17.5. The third-order valence-electron chi connectivity index (χ3n) is 6.14. The van der Waals surface area contributed by atoms with Crippen molar-refractivity contribution in [2.24, 2.45) is 17.3 Å². The normalized spacial score (nSPS) is 34.5. The Hall–Kier alpha value is -1.95. The van der Waals surface area contributed by atoms with Crippen LogP contribution in [-0.2, 0) is 14.3 Å². The van der Waals surface area contributed by atoms with Gasteiger partial charge in [0.25, 0.3) is 5.91 Å². The van der Waals surface area contributed by atoms with Crippen LogP contribution in [0.5, 0.6) is 0 Å². The quantitative estimate of drug-likeness (QED) is 0.791. The average molecular weight is 361 g/mol. The molecule has 2 unspecified atom stereocenters. The van der Waals surface area contributed by atoms with Crippen LogP contribution in [0.15, 0.2) is 24.3 Å². The second kappa shape index (κ2) is 6.34. The van der Waals surface area contributed by atoms with Crippen molar-refractivity contribution in [3.63, 3.8) is 0 Å². The molecule has 6 heteroatoms. The minimum atomic E-state index is -0.612. The largest absolute Gasteiger partial charge is 0.456 e. The first-order valence-electron chi connectivity index (χ1n) is 9.27. The molecule has 2 N–H and O–H groups in total. The summed E-state index contributed by atoms with van der Waals surface area (Å²) in [7, 11) is 0. The van der Waals surface area contributed by atoms with E-state index in [2.05, 4.69) is 5.32 Å². The van der Waals surface area contributed by atoms with E-state index in [4.69, 9.17) is 4.74 Å². The second-order valence-corrected chi connectivity index (χ2v) is 8.58. The highest BCUT2D eigenvalue weighted by atomic mass is 19.1. The molecule has 1 aromatic carbocycles. The van der Waals surface area contributed by atoms with Gasteiger partial charge in [-0.3, -0.25) is 9.59 Å². The van der Waals surface area contributed by atoms with Crippen LogP contribution in [0.25, 0.3) is 0 Å². The maximum atomic E-state index is 13.1. The van der Waals surface area contributed by atoms with Crippen molar-refractivity contribution < 1.29 is 23.8 Å². The molecule has 4 bridgehead atoms. The predicted molar refractivity (Wildman–Crippen MR) is 92.7 cm³/mol. The second-order valence-electron chi connectivity index (χ2n) is 8.58. The van der Waals surface area contributed by atoms with Gasteiger partial charge >= 0.3 is 5.97 Å². The molecule has 0 spiro atoms. The smallest absolute Gasteiger partial charge is 0.306 e. The first-order valence-corrected chi connectivity index (χ1v) is 9.27. The van der Waals surface area contributed by atoms with Crippen LogP contribution in [0, 0.1) is 23.1 Å². The molecule has 26 heavy (non-hydrogen) atoms. The standard InChI is InChI=1S/C20H24FNO4/c21-15-2-1-3-16(5-15)22-17(23)11-26-18(24)10-19-6-13-4-14(7-19)9-20(25,8-13)12-19/h1-3,5,13-14,25H,4,6-12H2,(H,22,23)/t13-,14+,19?,20?. The monoisotopic (exact) mass is 361 g/mol. The molecule has 5 rings (SSSR count). The fourth-order valence-corrected chi connectivity index (χ4v) is 5.88. The van der Waals surface area contributed by atoms with Gasteiger partial charge in [-0.25, -0.2) is 4.39 Å². The van der Waals surface area contributed by atoms with Gasteiger partial charge < -0.3 is 15.2 Å². The average Bonchev–Trinajstić information content (AvgIpc) is 2.50.